The Kier molecular flexibility index (Phi) is 7.21. The molecule has 22 heavy (non-hydrogen) atoms. The minimum absolute atomic E-state index is 0.0496. The molecule has 7 heteroatoms. The van der Waals surface area contributed by atoms with Crippen molar-refractivity contribution in [2.24, 2.45) is 0 Å². The highest BCUT2D eigenvalue weighted by molar-refractivity contribution is 5.85. The summed E-state index contributed by atoms with van der Waals surface area (Å²) in [6.07, 6.45) is 2.05. The zero-order chi connectivity index (χ0) is 16.5. The summed E-state index contributed by atoms with van der Waals surface area (Å²) in [5, 5.41) is 8.67. The van der Waals surface area contributed by atoms with Gasteiger partial charge in [0.2, 0.25) is 5.75 Å². The average Bonchev–Trinajstić information content (AvgIpc) is 2.52. The van der Waals surface area contributed by atoms with E-state index in [1.165, 1.54) is 27.4 Å². The third-order valence-corrected chi connectivity index (χ3v) is 2.74. The third-order valence-electron chi connectivity index (χ3n) is 2.74. The molecule has 0 heterocycles. The van der Waals surface area contributed by atoms with Gasteiger partial charge in [0, 0.05) is 13.2 Å². The van der Waals surface area contributed by atoms with E-state index in [9.17, 15) is 4.79 Å². The molecule has 0 bridgehead atoms. The molecule has 0 aliphatic rings. The van der Waals surface area contributed by atoms with Crippen molar-refractivity contribution in [2.45, 2.75) is 13.2 Å². The molecule has 1 aromatic rings. The Morgan fingerprint density at radius 3 is 2.27 bits per heavy atom. The summed E-state index contributed by atoms with van der Waals surface area (Å²) in [7, 11) is 4.48. The van der Waals surface area contributed by atoms with Crippen molar-refractivity contribution in [3.8, 4) is 17.2 Å². The Labute approximate surface area is 129 Å². The van der Waals surface area contributed by atoms with Crippen LogP contribution in [-0.4, -0.2) is 45.5 Å². The van der Waals surface area contributed by atoms with E-state index in [-0.39, 0.29) is 6.79 Å². The molecule has 0 fully saturated rings. The van der Waals surface area contributed by atoms with Crippen LogP contribution in [0, 0.1) is 0 Å². The third kappa shape index (κ3) is 5.27. The van der Waals surface area contributed by atoms with Crippen molar-refractivity contribution in [1.29, 1.82) is 0 Å². The second-order valence-electron chi connectivity index (χ2n) is 4.16. The molecular weight excluding hydrogens is 292 g/mol. The summed E-state index contributed by atoms with van der Waals surface area (Å²) in [5.41, 5.74) is 0.606. The van der Waals surface area contributed by atoms with Crippen LogP contribution in [0.15, 0.2) is 18.2 Å². The number of rotatable bonds is 9. The fraction of sp³-hybridized carbons (Fsp3) is 0.400. The van der Waals surface area contributed by atoms with Crippen LogP contribution in [0.4, 0.5) is 0 Å². The van der Waals surface area contributed by atoms with Gasteiger partial charge in [0.1, 0.15) is 0 Å². The molecule has 122 valence electrons. The molecule has 1 N–H and O–H groups in total. The van der Waals surface area contributed by atoms with Crippen LogP contribution in [0.1, 0.15) is 12.5 Å². The first-order chi connectivity index (χ1) is 10.5. The number of carboxylic acid groups (broad SMARTS) is 1. The number of benzene rings is 1. The summed E-state index contributed by atoms with van der Waals surface area (Å²) < 4.78 is 26.2. The zero-order valence-electron chi connectivity index (χ0n) is 13.0. The van der Waals surface area contributed by atoms with Gasteiger partial charge in [-0.15, -0.1) is 0 Å². The summed E-state index contributed by atoms with van der Waals surface area (Å²) >= 11 is 0. The second kappa shape index (κ2) is 8.91. The van der Waals surface area contributed by atoms with Gasteiger partial charge in [-0.3, -0.25) is 0 Å². The monoisotopic (exact) mass is 312 g/mol. The first-order valence-electron chi connectivity index (χ1n) is 6.46. The molecule has 0 radical (unpaired) electrons. The fourth-order valence-corrected chi connectivity index (χ4v) is 1.56. The molecule has 1 unspecified atom stereocenters. The van der Waals surface area contributed by atoms with Gasteiger partial charge < -0.3 is 28.8 Å². The van der Waals surface area contributed by atoms with Gasteiger partial charge >= 0.3 is 5.97 Å². The molecule has 0 aliphatic heterocycles. The minimum Gasteiger partial charge on any atom is -0.493 e. The van der Waals surface area contributed by atoms with Crippen LogP contribution in [0.3, 0.4) is 0 Å². The normalized spacial score (nSPS) is 12.2. The number of hydrogen-bond donors (Lipinski definition) is 1. The molecule has 1 atom stereocenters. The SMILES string of the molecule is COc1cc(C=CC(=O)O)cc(OC)c1OCOC(C)OC. The van der Waals surface area contributed by atoms with Crippen LogP contribution in [0.2, 0.25) is 0 Å². The average molecular weight is 312 g/mol. The molecule has 0 saturated heterocycles. The van der Waals surface area contributed by atoms with Crippen LogP contribution < -0.4 is 14.2 Å². The smallest absolute Gasteiger partial charge is 0.328 e. The number of methoxy groups -OCH3 is 3. The predicted molar refractivity (Wildman–Crippen MR) is 79.3 cm³/mol. The quantitative estimate of drug-likeness (QED) is 0.552. The number of carbonyl (C=O) groups is 1. The molecule has 1 aromatic carbocycles. The first kappa shape index (κ1) is 17.8. The summed E-state index contributed by atoms with van der Waals surface area (Å²) in [4.78, 5) is 10.6. The Hall–Kier alpha value is -2.25. The lowest BCUT2D eigenvalue weighted by Crippen LogP contribution is -2.15. The molecule has 0 aromatic heterocycles. The van der Waals surface area contributed by atoms with E-state index in [1.54, 1.807) is 19.1 Å². The first-order valence-corrected chi connectivity index (χ1v) is 6.46. The van der Waals surface area contributed by atoms with Gasteiger partial charge in [-0.2, -0.15) is 0 Å². The van der Waals surface area contributed by atoms with Crippen molar-refractivity contribution in [1.82, 2.24) is 0 Å². The Morgan fingerprint density at radius 2 is 1.82 bits per heavy atom. The van der Waals surface area contributed by atoms with Gasteiger partial charge in [-0.25, -0.2) is 4.79 Å². The van der Waals surface area contributed by atoms with Crippen molar-refractivity contribution in [3.63, 3.8) is 0 Å². The lowest BCUT2D eigenvalue weighted by Gasteiger charge is -2.17. The van der Waals surface area contributed by atoms with E-state index in [1.807, 2.05) is 0 Å². The van der Waals surface area contributed by atoms with Crippen LogP contribution >= 0.6 is 0 Å². The highest BCUT2D eigenvalue weighted by Gasteiger charge is 2.14. The molecular formula is C15H20O7. The van der Waals surface area contributed by atoms with Crippen molar-refractivity contribution in [2.75, 3.05) is 28.1 Å². The molecule has 0 amide bonds. The van der Waals surface area contributed by atoms with E-state index >= 15 is 0 Å². The highest BCUT2D eigenvalue weighted by Crippen LogP contribution is 2.39. The van der Waals surface area contributed by atoms with Crippen LogP contribution in [-0.2, 0) is 14.3 Å². The molecule has 0 aliphatic carbocycles. The Balaban J connectivity index is 2.97. The van der Waals surface area contributed by atoms with Crippen molar-refractivity contribution in [3.05, 3.63) is 23.8 Å². The van der Waals surface area contributed by atoms with Crippen molar-refractivity contribution < 1.29 is 33.6 Å². The van der Waals surface area contributed by atoms with Gasteiger partial charge in [0.05, 0.1) is 14.2 Å². The number of ether oxygens (including phenoxy) is 5. The number of aliphatic carboxylic acids is 1. The topological polar surface area (TPSA) is 83.5 Å². The summed E-state index contributed by atoms with van der Waals surface area (Å²) in [6.45, 7) is 1.68. The standard InChI is InChI=1S/C15H20O7/c1-10(18-2)21-9-22-15-12(19-3)7-11(5-6-14(16)17)8-13(15)20-4/h5-8,10H,9H2,1-4H3,(H,16,17). The van der Waals surface area contributed by atoms with E-state index < -0.39 is 12.3 Å². The second-order valence-corrected chi connectivity index (χ2v) is 4.16. The molecule has 0 saturated carbocycles. The molecule has 1 rings (SSSR count). The van der Waals surface area contributed by atoms with Crippen molar-refractivity contribution >= 4 is 12.0 Å². The van der Waals surface area contributed by atoms with E-state index in [2.05, 4.69) is 0 Å². The summed E-state index contributed by atoms with van der Waals surface area (Å²) in [6, 6.07) is 3.27. The van der Waals surface area contributed by atoms with Crippen LogP contribution in [0.5, 0.6) is 17.2 Å². The Morgan fingerprint density at radius 1 is 1.23 bits per heavy atom. The lowest BCUT2D eigenvalue weighted by atomic mass is 10.1. The lowest BCUT2D eigenvalue weighted by molar-refractivity contribution is -0.150. The predicted octanol–water partition coefficient (Wildman–Crippen LogP) is 2.15. The van der Waals surface area contributed by atoms with Gasteiger partial charge in [0.15, 0.2) is 24.6 Å². The van der Waals surface area contributed by atoms with Crippen LogP contribution in [0.25, 0.3) is 6.08 Å². The number of hydrogen-bond acceptors (Lipinski definition) is 6. The molecule has 7 nitrogen and oxygen atoms in total. The van der Waals surface area contributed by atoms with E-state index in [4.69, 9.17) is 28.8 Å². The van der Waals surface area contributed by atoms with Gasteiger partial charge in [-0.1, -0.05) is 0 Å². The largest absolute Gasteiger partial charge is 0.493 e. The highest BCUT2D eigenvalue weighted by atomic mass is 16.7. The Bertz CT molecular complexity index is 500. The number of carboxylic acids is 1. The van der Waals surface area contributed by atoms with E-state index in [0.29, 0.717) is 22.8 Å². The zero-order valence-corrected chi connectivity index (χ0v) is 13.0. The summed E-state index contributed by atoms with van der Waals surface area (Å²) in [5.74, 6) is 0.122. The maximum Gasteiger partial charge on any atom is 0.328 e. The fourth-order valence-electron chi connectivity index (χ4n) is 1.56. The minimum atomic E-state index is -1.04. The maximum absolute atomic E-state index is 10.6. The van der Waals surface area contributed by atoms with Gasteiger partial charge in [-0.05, 0) is 30.7 Å². The van der Waals surface area contributed by atoms with E-state index in [0.717, 1.165) is 6.08 Å². The van der Waals surface area contributed by atoms with Gasteiger partial charge in [0.25, 0.3) is 0 Å². The maximum atomic E-state index is 10.6. The molecule has 0 spiro atoms.